The van der Waals surface area contributed by atoms with Crippen molar-refractivity contribution >= 4 is 23.4 Å². The van der Waals surface area contributed by atoms with Gasteiger partial charge < -0.3 is 11.1 Å². The summed E-state index contributed by atoms with van der Waals surface area (Å²) in [6.45, 7) is 6.42. The van der Waals surface area contributed by atoms with Crippen molar-refractivity contribution in [3.8, 4) is 5.82 Å². The zero-order chi connectivity index (χ0) is 22.9. The number of carbonyl (C=O) groups is 1. The Bertz CT molecular complexity index is 1210. The van der Waals surface area contributed by atoms with E-state index >= 15 is 0 Å². The Balaban J connectivity index is 1.94. The van der Waals surface area contributed by atoms with Crippen LogP contribution in [0.3, 0.4) is 0 Å². The molecule has 0 aliphatic rings. The van der Waals surface area contributed by atoms with Crippen molar-refractivity contribution in [2.75, 3.05) is 12.3 Å². The van der Waals surface area contributed by atoms with Gasteiger partial charge in [0, 0.05) is 6.54 Å². The van der Waals surface area contributed by atoms with Crippen LogP contribution in [0.15, 0.2) is 48.8 Å². The first-order valence-corrected chi connectivity index (χ1v) is 10.8. The molecule has 166 valence electrons. The van der Waals surface area contributed by atoms with Crippen LogP contribution in [0.4, 0.5) is 5.82 Å². The number of hydrogen-bond donors (Lipinski definition) is 2. The quantitative estimate of drug-likeness (QED) is 0.564. The van der Waals surface area contributed by atoms with Crippen molar-refractivity contribution in [1.82, 2.24) is 30.3 Å². The van der Waals surface area contributed by atoms with Gasteiger partial charge in [-0.25, -0.2) is 9.97 Å². The van der Waals surface area contributed by atoms with E-state index in [9.17, 15) is 4.79 Å². The van der Waals surface area contributed by atoms with Crippen molar-refractivity contribution in [3.05, 3.63) is 70.6 Å². The summed E-state index contributed by atoms with van der Waals surface area (Å²) < 4.78 is 0. The molecule has 2 aromatic heterocycles. The van der Waals surface area contributed by atoms with Crippen molar-refractivity contribution in [2.45, 2.75) is 40.0 Å². The minimum absolute atomic E-state index is 0.0435. The molecule has 1 amide bonds. The van der Waals surface area contributed by atoms with Gasteiger partial charge in [-0.2, -0.15) is 10.2 Å². The first kappa shape index (κ1) is 22.9. The molecule has 1 aromatic carbocycles. The number of aromatic nitrogens is 5. The third-order valence-electron chi connectivity index (χ3n) is 4.82. The molecule has 0 fully saturated rings. The van der Waals surface area contributed by atoms with Gasteiger partial charge in [0.25, 0.3) is 5.91 Å². The third kappa shape index (κ3) is 5.26. The molecule has 2 heterocycles. The molecule has 8 heteroatoms. The Morgan fingerprint density at radius 2 is 1.91 bits per heavy atom. The summed E-state index contributed by atoms with van der Waals surface area (Å²) in [5, 5.41) is 13.4. The van der Waals surface area contributed by atoms with Crippen LogP contribution in [0.5, 0.6) is 0 Å². The van der Waals surface area contributed by atoms with E-state index in [1.807, 2.05) is 38.1 Å². The maximum atomic E-state index is 13.0. The van der Waals surface area contributed by atoms with Gasteiger partial charge in [-0.1, -0.05) is 62.8 Å². The Morgan fingerprint density at radius 1 is 1.16 bits per heavy atom. The summed E-state index contributed by atoms with van der Waals surface area (Å²) in [6, 6.07) is 8.14. The van der Waals surface area contributed by atoms with E-state index in [1.54, 1.807) is 12.4 Å². The van der Waals surface area contributed by atoms with Crippen molar-refractivity contribution in [1.29, 1.82) is 0 Å². The normalized spacial score (nSPS) is 12.9. The Hall–Kier alpha value is -3.81. The van der Waals surface area contributed by atoms with Crippen LogP contribution in [0.25, 0.3) is 17.5 Å². The number of nitrogen functional groups attached to an aromatic ring is 1. The summed E-state index contributed by atoms with van der Waals surface area (Å²) in [4.78, 5) is 23.3. The summed E-state index contributed by atoms with van der Waals surface area (Å²) in [6.07, 6.45) is 11.6. The zero-order valence-electron chi connectivity index (χ0n) is 18.7. The first-order chi connectivity index (χ1) is 15.6. The number of anilines is 1. The number of aryl methyl sites for hydroxylation is 1. The van der Waals surface area contributed by atoms with Crippen LogP contribution in [-0.4, -0.2) is 37.4 Å². The van der Waals surface area contributed by atoms with E-state index in [0.29, 0.717) is 24.5 Å². The van der Waals surface area contributed by atoms with Gasteiger partial charge in [0.15, 0.2) is 17.3 Å². The molecule has 32 heavy (non-hydrogen) atoms. The summed E-state index contributed by atoms with van der Waals surface area (Å²) in [5.41, 5.74) is 7.84. The number of nitrogens with two attached hydrogens (primary N) is 1. The molecule has 3 rings (SSSR count). The van der Waals surface area contributed by atoms with Gasteiger partial charge in [0.1, 0.15) is 0 Å². The fraction of sp³-hybridized carbons (Fsp3) is 0.292. The molecule has 0 bridgehead atoms. The second kappa shape index (κ2) is 11.0. The minimum Gasteiger partial charge on any atom is -0.382 e. The first-order valence-electron chi connectivity index (χ1n) is 10.8. The minimum atomic E-state index is -0.369. The molecule has 0 atom stereocenters. The molecule has 0 aliphatic heterocycles. The molecule has 0 saturated carbocycles. The molecule has 0 saturated heterocycles. The fourth-order valence-electron chi connectivity index (χ4n) is 3.42. The largest absolute Gasteiger partial charge is 0.382 e. The molecule has 3 aromatic rings. The lowest BCUT2D eigenvalue weighted by Crippen LogP contribution is -2.33. The number of rotatable bonds is 8. The number of nitrogens with zero attached hydrogens (tertiary/aromatic N) is 5. The highest BCUT2D eigenvalue weighted by molar-refractivity contribution is 5.97. The van der Waals surface area contributed by atoms with Crippen LogP contribution in [0.2, 0.25) is 0 Å². The van der Waals surface area contributed by atoms with Gasteiger partial charge >= 0.3 is 0 Å². The summed E-state index contributed by atoms with van der Waals surface area (Å²) in [7, 11) is 0. The maximum absolute atomic E-state index is 13.0. The Labute approximate surface area is 187 Å². The second-order valence-electron chi connectivity index (χ2n) is 7.20. The maximum Gasteiger partial charge on any atom is 0.274 e. The average molecular weight is 432 g/mol. The van der Waals surface area contributed by atoms with Gasteiger partial charge in [-0.15, -0.1) is 4.80 Å². The highest BCUT2D eigenvalue weighted by Crippen LogP contribution is 2.15. The molecular weight excluding hydrogens is 402 g/mol. The van der Waals surface area contributed by atoms with Crippen LogP contribution in [0.1, 0.15) is 49.8 Å². The number of hydrogen-bond acceptors (Lipinski definition) is 6. The highest BCUT2D eigenvalue weighted by atomic mass is 16.1. The van der Waals surface area contributed by atoms with Crippen LogP contribution in [0, 0.1) is 0 Å². The van der Waals surface area contributed by atoms with Crippen LogP contribution >= 0.6 is 0 Å². The smallest absolute Gasteiger partial charge is 0.274 e. The molecule has 0 radical (unpaired) electrons. The van der Waals surface area contributed by atoms with Gasteiger partial charge in [0.05, 0.1) is 18.1 Å². The fourth-order valence-corrected chi connectivity index (χ4v) is 3.42. The third-order valence-corrected chi connectivity index (χ3v) is 4.82. The van der Waals surface area contributed by atoms with Crippen LogP contribution in [-0.2, 0) is 6.42 Å². The molecular formula is C24H29N7O. The molecule has 3 N–H and O–H groups in total. The van der Waals surface area contributed by atoms with Gasteiger partial charge in [-0.05, 0) is 35.8 Å². The van der Waals surface area contributed by atoms with E-state index in [2.05, 4.69) is 50.6 Å². The van der Waals surface area contributed by atoms with Gasteiger partial charge in [0.2, 0.25) is 0 Å². The van der Waals surface area contributed by atoms with E-state index in [1.165, 1.54) is 4.80 Å². The number of allylic oxidation sites excluding steroid dienone is 1. The lowest BCUT2D eigenvalue weighted by molar-refractivity contribution is 0.0954. The number of carbonyl (C=O) groups excluding carboxylic acids is 1. The predicted octanol–water partition coefficient (Wildman–Crippen LogP) is 1.94. The molecule has 0 spiro atoms. The predicted molar refractivity (Wildman–Crippen MR) is 126 cm³/mol. The van der Waals surface area contributed by atoms with Crippen LogP contribution < -0.4 is 21.5 Å². The number of benzene rings is 1. The van der Waals surface area contributed by atoms with Crippen molar-refractivity contribution < 1.29 is 4.79 Å². The number of nitrogens with one attached hydrogen (secondary N) is 1. The lowest BCUT2D eigenvalue weighted by atomic mass is 10.1. The monoisotopic (exact) mass is 431 g/mol. The summed E-state index contributed by atoms with van der Waals surface area (Å²) in [5.74, 6) is 0.115. The lowest BCUT2D eigenvalue weighted by Gasteiger charge is -2.12. The van der Waals surface area contributed by atoms with E-state index < -0.39 is 0 Å². The van der Waals surface area contributed by atoms with Gasteiger partial charge in [-0.3, -0.25) is 4.79 Å². The number of amides is 1. The standard InChI is InChI=1S/C24H29N7O/c1-4-9-17-12-7-8-13-19(17)18(10-5-2)16-26-24(32)21-22(25)30-23(20(29-21)11-6-3)31-27-14-15-28-31/h5,7-10,12-15H,4,6,11,16H2,1-3H3,(H2,25,30)(H,26,32)/b10-5-,17-9+,19-18+. The van der Waals surface area contributed by atoms with E-state index in [0.717, 1.165) is 28.9 Å². The SMILES string of the molecule is C\C=C/C(CNC(=O)c1nc(CCC)c(-n2nccn2)nc1N)=c1/cccc/c1=C\CC. The van der Waals surface area contributed by atoms with E-state index in [4.69, 9.17) is 5.73 Å². The Morgan fingerprint density at radius 3 is 2.59 bits per heavy atom. The van der Waals surface area contributed by atoms with Crippen molar-refractivity contribution in [3.63, 3.8) is 0 Å². The molecule has 0 unspecified atom stereocenters. The van der Waals surface area contributed by atoms with Crippen molar-refractivity contribution in [2.24, 2.45) is 0 Å². The summed E-state index contributed by atoms with van der Waals surface area (Å²) >= 11 is 0. The Kier molecular flexibility index (Phi) is 7.85. The highest BCUT2D eigenvalue weighted by Gasteiger charge is 2.19. The second-order valence-corrected chi connectivity index (χ2v) is 7.20. The topological polar surface area (TPSA) is 112 Å². The average Bonchev–Trinajstić information content (AvgIpc) is 3.33. The molecule has 0 aliphatic carbocycles. The molecule has 8 nitrogen and oxygen atoms in total. The van der Waals surface area contributed by atoms with E-state index in [-0.39, 0.29) is 17.4 Å². The zero-order valence-corrected chi connectivity index (χ0v) is 18.7.